The van der Waals surface area contributed by atoms with Crippen LogP contribution in [0, 0.1) is 5.82 Å². The molecule has 0 unspecified atom stereocenters. The van der Waals surface area contributed by atoms with Crippen molar-refractivity contribution in [2.45, 2.75) is 6.54 Å². The van der Waals surface area contributed by atoms with Crippen LogP contribution >= 0.6 is 11.6 Å². The highest BCUT2D eigenvalue weighted by atomic mass is 35.5. The van der Waals surface area contributed by atoms with Crippen LogP contribution in [0.25, 0.3) is 5.69 Å². The summed E-state index contributed by atoms with van der Waals surface area (Å²) in [5.41, 5.74) is 2.07. The van der Waals surface area contributed by atoms with E-state index in [0.717, 1.165) is 11.4 Å². The summed E-state index contributed by atoms with van der Waals surface area (Å²) in [7, 11) is 0. The van der Waals surface area contributed by atoms with Gasteiger partial charge in [-0.05, 0) is 40.8 Å². The SMILES string of the molecule is Fc1cccc(Cl)c1CNc1cccc(-n2cnnn2)c1. The van der Waals surface area contributed by atoms with Crippen LogP contribution < -0.4 is 5.32 Å². The maximum Gasteiger partial charge on any atom is 0.143 e. The number of hydrogen-bond donors (Lipinski definition) is 1. The van der Waals surface area contributed by atoms with E-state index in [0.29, 0.717) is 17.1 Å². The zero-order valence-corrected chi connectivity index (χ0v) is 11.6. The lowest BCUT2D eigenvalue weighted by atomic mass is 10.2. The van der Waals surface area contributed by atoms with Gasteiger partial charge in [-0.25, -0.2) is 9.07 Å². The summed E-state index contributed by atoms with van der Waals surface area (Å²) >= 11 is 6.00. The van der Waals surface area contributed by atoms with E-state index in [4.69, 9.17) is 11.6 Å². The highest BCUT2D eigenvalue weighted by Gasteiger charge is 2.07. The molecule has 1 N–H and O–H groups in total. The molecule has 21 heavy (non-hydrogen) atoms. The molecule has 3 aromatic rings. The molecular formula is C14H11ClFN5. The van der Waals surface area contributed by atoms with Gasteiger partial charge in [0, 0.05) is 22.8 Å². The molecule has 0 atom stereocenters. The van der Waals surface area contributed by atoms with E-state index in [1.54, 1.807) is 16.8 Å². The van der Waals surface area contributed by atoms with Crippen LogP contribution in [0.4, 0.5) is 10.1 Å². The molecular weight excluding hydrogens is 293 g/mol. The average Bonchev–Trinajstić information content (AvgIpc) is 3.01. The Hall–Kier alpha value is -2.47. The Morgan fingerprint density at radius 2 is 2.05 bits per heavy atom. The van der Waals surface area contributed by atoms with E-state index in [-0.39, 0.29) is 5.82 Å². The van der Waals surface area contributed by atoms with Crippen molar-refractivity contribution in [2.75, 3.05) is 5.32 Å². The predicted octanol–water partition coefficient (Wildman–Crippen LogP) is 3.07. The second-order valence-electron chi connectivity index (χ2n) is 4.36. The normalized spacial score (nSPS) is 10.6. The predicted molar refractivity (Wildman–Crippen MR) is 77.9 cm³/mol. The molecule has 1 aromatic heterocycles. The maximum atomic E-state index is 13.7. The molecule has 2 aromatic carbocycles. The van der Waals surface area contributed by atoms with Crippen LogP contribution in [0.1, 0.15) is 5.56 Å². The molecule has 0 bridgehead atoms. The molecule has 0 saturated heterocycles. The average molecular weight is 304 g/mol. The number of benzene rings is 2. The minimum Gasteiger partial charge on any atom is -0.381 e. The Labute approximate surface area is 125 Å². The molecule has 106 valence electrons. The Bertz CT molecular complexity index is 725. The van der Waals surface area contributed by atoms with Gasteiger partial charge < -0.3 is 5.32 Å². The van der Waals surface area contributed by atoms with Crippen molar-refractivity contribution in [3.05, 3.63) is 65.2 Å². The van der Waals surface area contributed by atoms with E-state index in [2.05, 4.69) is 20.8 Å². The number of nitrogens with zero attached hydrogens (tertiary/aromatic N) is 4. The molecule has 0 aliphatic carbocycles. The zero-order valence-electron chi connectivity index (χ0n) is 10.9. The highest BCUT2D eigenvalue weighted by Crippen LogP contribution is 2.21. The Balaban J connectivity index is 1.78. The van der Waals surface area contributed by atoms with Gasteiger partial charge in [0.1, 0.15) is 12.1 Å². The lowest BCUT2D eigenvalue weighted by Gasteiger charge is -2.10. The number of halogens is 2. The third kappa shape index (κ3) is 3.00. The van der Waals surface area contributed by atoms with Crippen molar-refractivity contribution < 1.29 is 4.39 Å². The summed E-state index contributed by atoms with van der Waals surface area (Å²) in [6.07, 6.45) is 1.51. The summed E-state index contributed by atoms with van der Waals surface area (Å²) in [4.78, 5) is 0. The first-order chi connectivity index (χ1) is 10.2. The van der Waals surface area contributed by atoms with E-state index < -0.39 is 0 Å². The van der Waals surface area contributed by atoms with Crippen molar-refractivity contribution >= 4 is 17.3 Å². The van der Waals surface area contributed by atoms with Crippen molar-refractivity contribution in [3.63, 3.8) is 0 Å². The second-order valence-corrected chi connectivity index (χ2v) is 4.77. The molecule has 5 nitrogen and oxygen atoms in total. The number of rotatable bonds is 4. The van der Waals surface area contributed by atoms with Crippen molar-refractivity contribution in [3.8, 4) is 5.69 Å². The number of anilines is 1. The Kier molecular flexibility index (Phi) is 3.79. The lowest BCUT2D eigenvalue weighted by molar-refractivity contribution is 0.613. The summed E-state index contributed by atoms with van der Waals surface area (Å²) in [5.74, 6) is -0.327. The Morgan fingerprint density at radius 1 is 1.19 bits per heavy atom. The van der Waals surface area contributed by atoms with Gasteiger partial charge in [-0.2, -0.15) is 0 Å². The molecule has 0 fully saturated rings. The van der Waals surface area contributed by atoms with Crippen LogP contribution in [0.3, 0.4) is 0 Å². The van der Waals surface area contributed by atoms with Crippen LogP contribution in [0.5, 0.6) is 0 Å². The van der Waals surface area contributed by atoms with Gasteiger partial charge in [-0.3, -0.25) is 0 Å². The van der Waals surface area contributed by atoms with E-state index in [9.17, 15) is 4.39 Å². The molecule has 0 aliphatic heterocycles. The van der Waals surface area contributed by atoms with Gasteiger partial charge in [0.05, 0.1) is 5.69 Å². The fourth-order valence-electron chi connectivity index (χ4n) is 1.93. The standard InChI is InChI=1S/C14H11ClFN5/c15-13-5-2-6-14(16)12(13)8-17-10-3-1-4-11(7-10)21-9-18-19-20-21/h1-7,9,17H,8H2. The van der Waals surface area contributed by atoms with Crippen molar-refractivity contribution in [1.29, 1.82) is 0 Å². The quantitative estimate of drug-likeness (QED) is 0.805. The topological polar surface area (TPSA) is 55.6 Å². The van der Waals surface area contributed by atoms with Crippen LogP contribution in [-0.4, -0.2) is 20.2 Å². The van der Waals surface area contributed by atoms with Crippen LogP contribution in [0.2, 0.25) is 5.02 Å². The fraction of sp³-hybridized carbons (Fsp3) is 0.0714. The van der Waals surface area contributed by atoms with Gasteiger partial charge >= 0.3 is 0 Å². The number of nitrogens with one attached hydrogen (secondary N) is 1. The minimum absolute atomic E-state index is 0.296. The van der Waals surface area contributed by atoms with Crippen LogP contribution in [-0.2, 0) is 6.54 Å². The number of tetrazole rings is 1. The lowest BCUT2D eigenvalue weighted by Crippen LogP contribution is -2.03. The smallest absolute Gasteiger partial charge is 0.143 e. The largest absolute Gasteiger partial charge is 0.381 e. The maximum absolute atomic E-state index is 13.7. The molecule has 0 amide bonds. The van der Waals surface area contributed by atoms with Gasteiger partial charge in [0.15, 0.2) is 0 Å². The van der Waals surface area contributed by atoms with Crippen molar-refractivity contribution in [2.24, 2.45) is 0 Å². The minimum atomic E-state index is -0.327. The second kappa shape index (κ2) is 5.88. The van der Waals surface area contributed by atoms with Gasteiger partial charge in [-0.1, -0.05) is 23.7 Å². The highest BCUT2D eigenvalue weighted by molar-refractivity contribution is 6.31. The molecule has 0 saturated carbocycles. The summed E-state index contributed by atoms with van der Waals surface area (Å²) in [5, 5.41) is 14.5. The van der Waals surface area contributed by atoms with Gasteiger partial charge in [0.2, 0.25) is 0 Å². The number of aromatic nitrogens is 4. The molecule has 0 spiro atoms. The summed E-state index contributed by atoms with van der Waals surface area (Å²) in [6.45, 7) is 0.296. The third-order valence-electron chi connectivity index (χ3n) is 2.99. The van der Waals surface area contributed by atoms with E-state index in [1.165, 1.54) is 12.4 Å². The third-order valence-corrected chi connectivity index (χ3v) is 3.34. The Morgan fingerprint density at radius 3 is 2.81 bits per heavy atom. The summed E-state index contributed by atoms with van der Waals surface area (Å²) < 4.78 is 15.2. The first-order valence-electron chi connectivity index (χ1n) is 6.24. The van der Waals surface area contributed by atoms with Crippen molar-refractivity contribution in [1.82, 2.24) is 20.2 Å². The zero-order chi connectivity index (χ0) is 14.7. The molecule has 1 heterocycles. The van der Waals surface area contributed by atoms with Crippen LogP contribution in [0.15, 0.2) is 48.8 Å². The molecule has 0 aliphatic rings. The van der Waals surface area contributed by atoms with Gasteiger partial charge in [0.25, 0.3) is 0 Å². The first-order valence-corrected chi connectivity index (χ1v) is 6.62. The van der Waals surface area contributed by atoms with E-state index in [1.807, 2.05) is 24.3 Å². The first kappa shape index (κ1) is 13.5. The molecule has 3 rings (SSSR count). The summed E-state index contributed by atoms with van der Waals surface area (Å²) in [6, 6.07) is 12.1. The van der Waals surface area contributed by atoms with E-state index >= 15 is 0 Å². The number of hydrogen-bond acceptors (Lipinski definition) is 4. The molecule has 7 heteroatoms. The molecule has 0 radical (unpaired) electrons. The van der Waals surface area contributed by atoms with Gasteiger partial charge in [-0.15, -0.1) is 5.10 Å². The monoisotopic (exact) mass is 303 g/mol. The fourth-order valence-corrected chi connectivity index (χ4v) is 2.16.